The zero-order valence-electron chi connectivity index (χ0n) is 19.1. The van der Waals surface area contributed by atoms with Crippen molar-refractivity contribution in [1.29, 1.82) is 0 Å². The number of aromatic nitrogens is 1. The fraction of sp³-hybridized carbons (Fsp3) is 0.360. The molecule has 1 fully saturated rings. The Labute approximate surface area is 204 Å². The molecule has 4 rings (SSSR count). The van der Waals surface area contributed by atoms with Crippen LogP contribution >= 0.6 is 11.3 Å². The number of piperidine rings is 1. The standard InChI is InChI=1S/C25H29N3O4S2/c1-2-32-22-8-10-23(11-9-22)34(30,31)28-16-13-19(14-17-28)24(29)26-15-12-21-18-33-25(27-21)20-6-4-3-5-7-20/h3-11,18-19H,2,12-17H2,1H3,(H,26,29). The maximum Gasteiger partial charge on any atom is 0.243 e. The molecule has 1 N–H and O–H groups in total. The van der Waals surface area contributed by atoms with Gasteiger partial charge in [-0.15, -0.1) is 11.3 Å². The van der Waals surface area contributed by atoms with Crippen molar-refractivity contribution in [1.82, 2.24) is 14.6 Å². The van der Waals surface area contributed by atoms with Crippen LogP contribution in [0.1, 0.15) is 25.5 Å². The minimum absolute atomic E-state index is 0.0170. The molecule has 0 aliphatic carbocycles. The van der Waals surface area contributed by atoms with Crippen molar-refractivity contribution in [2.24, 2.45) is 5.92 Å². The fourth-order valence-corrected chi connectivity index (χ4v) is 6.31. The van der Waals surface area contributed by atoms with Crippen LogP contribution in [-0.2, 0) is 21.2 Å². The summed E-state index contributed by atoms with van der Waals surface area (Å²) in [7, 11) is -3.58. The zero-order chi connectivity index (χ0) is 24.0. The first-order chi connectivity index (χ1) is 16.5. The molecule has 1 saturated heterocycles. The average Bonchev–Trinajstić information content (AvgIpc) is 3.34. The molecule has 2 heterocycles. The maximum absolute atomic E-state index is 12.9. The van der Waals surface area contributed by atoms with Gasteiger partial charge in [-0.3, -0.25) is 4.79 Å². The van der Waals surface area contributed by atoms with Crippen molar-refractivity contribution >= 4 is 27.3 Å². The molecule has 0 spiro atoms. The predicted octanol–water partition coefficient (Wildman–Crippen LogP) is 3.97. The summed E-state index contributed by atoms with van der Waals surface area (Å²) < 4.78 is 32.7. The smallest absolute Gasteiger partial charge is 0.243 e. The van der Waals surface area contributed by atoms with Gasteiger partial charge < -0.3 is 10.1 Å². The number of amides is 1. The number of rotatable bonds is 9. The Morgan fingerprint density at radius 3 is 2.50 bits per heavy atom. The molecule has 1 amide bonds. The lowest BCUT2D eigenvalue weighted by atomic mass is 9.97. The number of sulfonamides is 1. The number of thiazole rings is 1. The van der Waals surface area contributed by atoms with Crippen LogP contribution in [0.15, 0.2) is 64.9 Å². The van der Waals surface area contributed by atoms with E-state index >= 15 is 0 Å². The molecule has 1 aliphatic rings. The predicted molar refractivity (Wildman–Crippen MR) is 133 cm³/mol. The van der Waals surface area contributed by atoms with E-state index in [1.54, 1.807) is 35.6 Å². The molecule has 0 atom stereocenters. The molecule has 7 nitrogen and oxygen atoms in total. The molecule has 3 aromatic rings. The van der Waals surface area contributed by atoms with E-state index in [2.05, 4.69) is 10.3 Å². The summed E-state index contributed by atoms with van der Waals surface area (Å²) in [6, 6.07) is 16.5. The molecule has 1 aromatic heterocycles. The first kappa shape index (κ1) is 24.4. The number of hydrogen-bond acceptors (Lipinski definition) is 6. The van der Waals surface area contributed by atoms with Gasteiger partial charge >= 0.3 is 0 Å². The molecule has 9 heteroatoms. The van der Waals surface area contributed by atoms with E-state index in [9.17, 15) is 13.2 Å². The second kappa shape index (κ2) is 11.1. The van der Waals surface area contributed by atoms with E-state index in [1.165, 1.54) is 4.31 Å². The van der Waals surface area contributed by atoms with Gasteiger partial charge in [0.05, 0.1) is 17.2 Å². The average molecular weight is 500 g/mol. The van der Waals surface area contributed by atoms with Crippen molar-refractivity contribution in [3.63, 3.8) is 0 Å². The van der Waals surface area contributed by atoms with Gasteiger partial charge in [-0.2, -0.15) is 4.31 Å². The van der Waals surface area contributed by atoms with Gasteiger partial charge in [0.25, 0.3) is 0 Å². The zero-order valence-corrected chi connectivity index (χ0v) is 20.8. The molecular weight excluding hydrogens is 470 g/mol. The van der Waals surface area contributed by atoms with E-state index in [4.69, 9.17) is 4.74 Å². The van der Waals surface area contributed by atoms with Gasteiger partial charge in [-0.05, 0) is 44.0 Å². The quantitative estimate of drug-likeness (QED) is 0.481. The molecule has 0 radical (unpaired) electrons. The molecule has 34 heavy (non-hydrogen) atoms. The largest absolute Gasteiger partial charge is 0.494 e. The topological polar surface area (TPSA) is 88.6 Å². The lowest BCUT2D eigenvalue weighted by Crippen LogP contribution is -2.43. The van der Waals surface area contributed by atoms with Crippen LogP contribution in [0, 0.1) is 5.92 Å². The monoisotopic (exact) mass is 499 g/mol. The Morgan fingerprint density at radius 1 is 1.12 bits per heavy atom. The van der Waals surface area contributed by atoms with Crippen LogP contribution in [0.4, 0.5) is 0 Å². The third-order valence-corrected chi connectivity index (χ3v) is 8.70. The van der Waals surface area contributed by atoms with Gasteiger partial charge in [0.2, 0.25) is 15.9 Å². The van der Waals surface area contributed by atoms with E-state index in [-0.39, 0.29) is 16.7 Å². The van der Waals surface area contributed by atoms with Crippen molar-refractivity contribution in [3.8, 4) is 16.3 Å². The summed E-state index contributed by atoms with van der Waals surface area (Å²) in [5.41, 5.74) is 2.05. The van der Waals surface area contributed by atoms with Crippen molar-refractivity contribution < 1.29 is 17.9 Å². The summed E-state index contributed by atoms with van der Waals surface area (Å²) in [5.74, 6) is 0.449. The minimum Gasteiger partial charge on any atom is -0.494 e. The third-order valence-electron chi connectivity index (χ3n) is 5.85. The van der Waals surface area contributed by atoms with E-state index in [1.807, 2.05) is 42.6 Å². The number of carbonyl (C=O) groups excluding carboxylic acids is 1. The van der Waals surface area contributed by atoms with Gasteiger partial charge in [0, 0.05) is 42.9 Å². The highest BCUT2D eigenvalue weighted by Crippen LogP contribution is 2.26. The van der Waals surface area contributed by atoms with Crippen LogP contribution in [0.3, 0.4) is 0 Å². The molecule has 0 unspecified atom stereocenters. The first-order valence-corrected chi connectivity index (χ1v) is 13.8. The summed E-state index contributed by atoms with van der Waals surface area (Å²) in [6.07, 6.45) is 1.69. The summed E-state index contributed by atoms with van der Waals surface area (Å²) in [6.45, 7) is 3.59. The van der Waals surface area contributed by atoms with Crippen molar-refractivity contribution in [2.75, 3.05) is 26.2 Å². The van der Waals surface area contributed by atoms with Crippen LogP contribution in [0.2, 0.25) is 0 Å². The Kier molecular flexibility index (Phi) is 7.97. The maximum atomic E-state index is 12.9. The number of nitrogens with one attached hydrogen (secondary N) is 1. The van der Waals surface area contributed by atoms with E-state index in [0.29, 0.717) is 51.3 Å². The number of carbonyl (C=O) groups is 1. The highest BCUT2D eigenvalue weighted by atomic mass is 32.2. The second-order valence-corrected chi connectivity index (χ2v) is 10.9. The lowest BCUT2D eigenvalue weighted by molar-refractivity contribution is -0.126. The molecule has 2 aromatic carbocycles. The number of hydrogen-bond donors (Lipinski definition) is 1. The van der Waals surface area contributed by atoms with Crippen LogP contribution in [-0.4, -0.2) is 49.9 Å². The van der Waals surface area contributed by atoms with Crippen molar-refractivity contribution in [3.05, 3.63) is 65.7 Å². The molecule has 0 saturated carbocycles. The summed E-state index contributed by atoms with van der Waals surface area (Å²) >= 11 is 1.60. The Morgan fingerprint density at radius 2 is 1.82 bits per heavy atom. The Balaban J connectivity index is 1.24. The van der Waals surface area contributed by atoms with Crippen LogP contribution < -0.4 is 10.1 Å². The number of ether oxygens (including phenoxy) is 1. The van der Waals surface area contributed by atoms with E-state index < -0.39 is 10.0 Å². The molecular formula is C25H29N3O4S2. The normalized spacial score (nSPS) is 15.2. The molecule has 0 bridgehead atoms. The third kappa shape index (κ3) is 5.84. The van der Waals surface area contributed by atoms with E-state index in [0.717, 1.165) is 16.3 Å². The SMILES string of the molecule is CCOc1ccc(S(=O)(=O)N2CCC(C(=O)NCCc3csc(-c4ccccc4)n3)CC2)cc1. The number of nitrogens with zero attached hydrogens (tertiary/aromatic N) is 2. The fourth-order valence-electron chi connectivity index (χ4n) is 3.98. The molecule has 1 aliphatic heterocycles. The molecule has 180 valence electrons. The minimum atomic E-state index is -3.58. The Bertz CT molecular complexity index is 1190. The van der Waals surface area contributed by atoms with Gasteiger partial charge in [-0.1, -0.05) is 30.3 Å². The number of benzene rings is 2. The van der Waals surface area contributed by atoms with Crippen molar-refractivity contribution in [2.45, 2.75) is 31.1 Å². The highest BCUT2D eigenvalue weighted by molar-refractivity contribution is 7.89. The lowest BCUT2D eigenvalue weighted by Gasteiger charge is -2.30. The van der Waals surface area contributed by atoms with Gasteiger partial charge in [0.1, 0.15) is 10.8 Å². The Hall–Kier alpha value is -2.75. The highest BCUT2D eigenvalue weighted by Gasteiger charge is 2.32. The first-order valence-electron chi connectivity index (χ1n) is 11.5. The summed E-state index contributed by atoms with van der Waals surface area (Å²) in [5, 5.41) is 6.00. The van der Waals surface area contributed by atoms with Gasteiger partial charge in [0.15, 0.2) is 0 Å². The van der Waals surface area contributed by atoms with Crippen LogP contribution in [0.5, 0.6) is 5.75 Å². The van der Waals surface area contributed by atoms with Crippen LogP contribution in [0.25, 0.3) is 10.6 Å². The van der Waals surface area contributed by atoms with Gasteiger partial charge in [-0.25, -0.2) is 13.4 Å². The second-order valence-electron chi connectivity index (χ2n) is 8.13. The summed E-state index contributed by atoms with van der Waals surface area (Å²) in [4.78, 5) is 17.5.